The highest BCUT2D eigenvalue weighted by Gasteiger charge is 2.33. The standard InChI is InChI=1S/C10H8BrF3N4O/c11-8-2-1-6(5-7(8)10(12,13)14)9(19)16-3-4-17-18-15/h1-2,5H,3-4H2,(H,16,19). The van der Waals surface area contributed by atoms with Crippen LogP contribution in [0.3, 0.4) is 0 Å². The van der Waals surface area contributed by atoms with Crippen LogP contribution in [0, 0.1) is 0 Å². The summed E-state index contributed by atoms with van der Waals surface area (Å²) in [4.78, 5) is 14.1. The first-order valence-electron chi connectivity index (χ1n) is 5.02. The Labute approximate surface area is 114 Å². The quantitative estimate of drug-likeness (QED) is 0.388. The van der Waals surface area contributed by atoms with Gasteiger partial charge in [-0.2, -0.15) is 13.2 Å². The predicted molar refractivity (Wildman–Crippen MR) is 65.5 cm³/mol. The van der Waals surface area contributed by atoms with Crippen molar-refractivity contribution in [1.29, 1.82) is 0 Å². The summed E-state index contributed by atoms with van der Waals surface area (Å²) in [7, 11) is 0. The number of halogens is 4. The molecule has 9 heteroatoms. The van der Waals surface area contributed by atoms with Crippen LogP contribution < -0.4 is 5.32 Å². The molecular formula is C10H8BrF3N4O. The summed E-state index contributed by atoms with van der Waals surface area (Å²) in [6.45, 7) is 0.0885. The van der Waals surface area contributed by atoms with Crippen molar-refractivity contribution in [2.24, 2.45) is 5.11 Å². The highest BCUT2D eigenvalue weighted by Crippen LogP contribution is 2.35. The van der Waals surface area contributed by atoms with Crippen LogP contribution in [0.15, 0.2) is 27.8 Å². The van der Waals surface area contributed by atoms with E-state index in [1.807, 2.05) is 0 Å². The van der Waals surface area contributed by atoms with Crippen LogP contribution in [-0.2, 0) is 6.18 Å². The molecule has 0 aromatic heterocycles. The molecule has 0 fully saturated rings. The molecule has 0 saturated heterocycles. The van der Waals surface area contributed by atoms with Crippen LogP contribution in [-0.4, -0.2) is 19.0 Å². The van der Waals surface area contributed by atoms with Crippen molar-refractivity contribution in [2.45, 2.75) is 6.18 Å². The molecular weight excluding hydrogens is 329 g/mol. The summed E-state index contributed by atoms with van der Waals surface area (Å²) >= 11 is 2.78. The molecule has 0 aliphatic rings. The maximum atomic E-state index is 12.6. The number of hydrogen-bond donors (Lipinski definition) is 1. The number of amides is 1. The summed E-state index contributed by atoms with van der Waals surface area (Å²) < 4.78 is 37.7. The molecule has 1 aromatic carbocycles. The van der Waals surface area contributed by atoms with Gasteiger partial charge in [-0.05, 0) is 23.7 Å². The van der Waals surface area contributed by atoms with E-state index in [2.05, 4.69) is 31.3 Å². The number of rotatable bonds is 4. The van der Waals surface area contributed by atoms with E-state index in [0.717, 1.165) is 12.1 Å². The molecule has 0 saturated carbocycles. The number of hydrogen-bond acceptors (Lipinski definition) is 2. The average Bonchev–Trinajstić information content (AvgIpc) is 2.33. The summed E-state index contributed by atoms with van der Waals surface area (Å²) in [6, 6.07) is 3.18. The number of nitrogens with zero attached hydrogens (tertiary/aromatic N) is 3. The van der Waals surface area contributed by atoms with E-state index < -0.39 is 17.6 Å². The fraction of sp³-hybridized carbons (Fsp3) is 0.300. The van der Waals surface area contributed by atoms with E-state index in [0.29, 0.717) is 0 Å². The van der Waals surface area contributed by atoms with Gasteiger partial charge in [0, 0.05) is 28.0 Å². The maximum absolute atomic E-state index is 12.6. The zero-order chi connectivity index (χ0) is 14.5. The van der Waals surface area contributed by atoms with Gasteiger partial charge >= 0.3 is 6.18 Å². The molecule has 0 bridgehead atoms. The lowest BCUT2D eigenvalue weighted by molar-refractivity contribution is -0.138. The Bertz CT molecular complexity index is 526. The molecule has 0 unspecified atom stereocenters. The monoisotopic (exact) mass is 336 g/mol. The first kappa shape index (κ1) is 15.3. The van der Waals surface area contributed by atoms with Crippen molar-refractivity contribution in [3.63, 3.8) is 0 Å². The second-order valence-electron chi connectivity index (χ2n) is 3.40. The van der Waals surface area contributed by atoms with E-state index in [1.165, 1.54) is 6.07 Å². The summed E-state index contributed by atoms with van der Waals surface area (Å²) in [5, 5.41) is 5.53. The van der Waals surface area contributed by atoms with Gasteiger partial charge in [-0.25, -0.2) is 0 Å². The molecule has 1 aromatic rings. The molecule has 1 N–H and O–H groups in total. The lowest BCUT2D eigenvalue weighted by Crippen LogP contribution is -2.26. The first-order valence-corrected chi connectivity index (χ1v) is 5.81. The van der Waals surface area contributed by atoms with E-state index in [-0.39, 0.29) is 23.1 Å². The molecule has 102 valence electrons. The maximum Gasteiger partial charge on any atom is 0.417 e. The van der Waals surface area contributed by atoms with Crippen LogP contribution in [0.5, 0.6) is 0 Å². The van der Waals surface area contributed by atoms with Crippen molar-refractivity contribution in [3.8, 4) is 0 Å². The normalized spacial score (nSPS) is 10.7. The van der Waals surface area contributed by atoms with Gasteiger partial charge in [-0.3, -0.25) is 4.79 Å². The first-order chi connectivity index (χ1) is 8.86. The largest absolute Gasteiger partial charge is 0.417 e. The molecule has 1 amide bonds. The van der Waals surface area contributed by atoms with Crippen molar-refractivity contribution < 1.29 is 18.0 Å². The van der Waals surface area contributed by atoms with Gasteiger partial charge in [0.15, 0.2) is 0 Å². The van der Waals surface area contributed by atoms with Gasteiger partial charge in [-0.1, -0.05) is 21.0 Å². The highest BCUT2D eigenvalue weighted by atomic mass is 79.9. The fourth-order valence-corrected chi connectivity index (χ4v) is 1.72. The number of carbonyl (C=O) groups excluding carboxylic acids is 1. The van der Waals surface area contributed by atoms with Crippen LogP contribution in [0.1, 0.15) is 15.9 Å². The lowest BCUT2D eigenvalue weighted by atomic mass is 10.1. The minimum absolute atomic E-state index is 0.0326. The van der Waals surface area contributed by atoms with Gasteiger partial charge in [0.2, 0.25) is 0 Å². The topological polar surface area (TPSA) is 77.9 Å². The molecule has 5 nitrogen and oxygen atoms in total. The van der Waals surface area contributed by atoms with Crippen molar-refractivity contribution in [3.05, 3.63) is 44.2 Å². The second kappa shape index (κ2) is 6.44. The molecule has 0 radical (unpaired) electrons. The zero-order valence-corrected chi connectivity index (χ0v) is 11.0. The van der Waals surface area contributed by atoms with Gasteiger partial charge in [0.1, 0.15) is 0 Å². The van der Waals surface area contributed by atoms with Gasteiger partial charge < -0.3 is 5.32 Å². The minimum atomic E-state index is -4.54. The molecule has 0 aliphatic heterocycles. The van der Waals surface area contributed by atoms with Gasteiger partial charge in [0.25, 0.3) is 5.91 Å². The number of nitrogens with one attached hydrogen (secondary N) is 1. The van der Waals surface area contributed by atoms with Crippen LogP contribution in [0.25, 0.3) is 10.4 Å². The summed E-state index contributed by atoms with van der Waals surface area (Å²) in [5.74, 6) is -0.661. The Kier molecular flexibility index (Phi) is 5.20. The molecule has 19 heavy (non-hydrogen) atoms. The predicted octanol–water partition coefficient (Wildman–Crippen LogP) is 3.51. The molecule has 0 spiro atoms. The smallest absolute Gasteiger partial charge is 0.352 e. The van der Waals surface area contributed by atoms with E-state index in [9.17, 15) is 18.0 Å². The molecule has 0 aliphatic carbocycles. The Balaban J connectivity index is 2.84. The van der Waals surface area contributed by atoms with E-state index in [4.69, 9.17) is 5.53 Å². The lowest BCUT2D eigenvalue weighted by Gasteiger charge is -2.11. The zero-order valence-electron chi connectivity index (χ0n) is 9.41. The Morgan fingerprint density at radius 1 is 1.47 bits per heavy atom. The molecule has 1 rings (SSSR count). The van der Waals surface area contributed by atoms with Crippen molar-refractivity contribution in [2.75, 3.05) is 13.1 Å². The average molecular weight is 337 g/mol. The minimum Gasteiger partial charge on any atom is -0.352 e. The Morgan fingerprint density at radius 2 is 2.16 bits per heavy atom. The van der Waals surface area contributed by atoms with Crippen LogP contribution in [0.2, 0.25) is 0 Å². The number of carbonyl (C=O) groups is 1. The van der Waals surface area contributed by atoms with Crippen LogP contribution in [0.4, 0.5) is 13.2 Å². The van der Waals surface area contributed by atoms with Crippen molar-refractivity contribution in [1.82, 2.24) is 5.32 Å². The number of benzene rings is 1. The summed E-state index contributed by atoms with van der Waals surface area (Å²) in [5.41, 5.74) is 6.98. The third-order valence-electron chi connectivity index (χ3n) is 2.09. The number of alkyl halides is 3. The Hall–Kier alpha value is -1.73. The molecule has 0 atom stereocenters. The fourth-order valence-electron chi connectivity index (χ4n) is 1.25. The third-order valence-corrected chi connectivity index (χ3v) is 2.79. The summed E-state index contributed by atoms with van der Waals surface area (Å²) in [6.07, 6.45) is -4.54. The van der Waals surface area contributed by atoms with Gasteiger partial charge in [0.05, 0.1) is 5.56 Å². The molecule has 0 heterocycles. The van der Waals surface area contributed by atoms with Crippen molar-refractivity contribution >= 4 is 21.8 Å². The third kappa shape index (κ3) is 4.46. The van der Waals surface area contributed by atoms with E-state index >= 15 is 0 Å². The van der Waals surface area contributed by atoms with Crippen LogP contribution >= 0.6 is 15.9 Å². The number of azide groups is 1. The Morgan fingerprint density at radius 3 is 2.74 bits per heavy atom. The highest BCUT2D eigenvalue weighted by molar-refractivity contribution is 9.10. The SMILES string of the molecule is [N-]=[N+]=NCCNC(=O)c1ccc(Br)c(C(F)(F)F)c1. The van der Waals surface area contributed by atoms with Gasteiger partial charge in [-0.15, -0.1) is 0 Å². The second-order valence-corrected chi connectivity index (χ2v) is 4.26. The van der Waals surface area contributed by atoms with E-state index in [1.54, 1.807) is 0 Å².